The summed E-state index contributed by atoms with van der Waals surface area (Å²) in [6.07, 6.45) is 7.31. The number of rotatable bonds is 10. The minimum absolute atomic E-state index is 0.0148. The Hall–Kier alpha value is -1.87. The number of unbranched alkanes of at least 4 members (excludes halogenated alkanes) is 3. The number of thiophene rings is 1. The molecule has 7 nitrogen and oxygen atoms in total. The number of amides is 2. The Morgan fingerprint density at radius 1 is 1.29 bits per heavy atom. The third-order valence-electron chi connectivity index (χ3n) is 4.82. The maximum absolute atomic E-state index is 13.2. The Labute approximate surface area is 172 Å². The van der Waals surface area contributed by atoms with Crippen molar-refractivity contribution in [2.45, 2.75) is 63.6 Å². The van der Waals surface area contributed by atoms with Crippen LogP contribution in [0.3, 0.4) is 0 Å². The molecular weight excluding hydrogens is 396 g/mol. The molecule has 28 heavy (non-hydrogen) atoms. The summed E-state index contributed by atoms with van der Waals surface area (Å²) in [6.45, 7) is 2.57. The van der Waals surface area contributed by atoms with Crippen molar-refractivity contribution in [1.82, 2.24) is 14.9 Å². The molecule has 0 radical (unpaired) electrons. The van der Waals surface area contributed by atoms with Crippen molar-refractivity contribution in [3.8, 4) is 0 Å². The van der Waals surface area contributed by atoms with E-state index in [1.165, 1.54) is 22.2 Å². The second-order valence-corrected chi connectivity index (χ2v) is 9.01. The highest BCUT2D eigenvalue weighted by Crippen LogP contribution is 2.35. The van der Waals surface area contributed by atoms with Crippen molar-refractivity contribution in [2.75, 3.05) is 12.3 Å². The molecule has 1 aliphatic rings. The molecule has 0 fully saturated rings. The van der Waals surface area contributed by atoms with Gasteiger partial charge < -0.3 is 11.1 Å². The van der Waals surface area contributed by atoms with Gasteiger partial charge in [0.15, 0.2) is 5.16 Å². The van der Waals surface area contributed by atoms with Crippen LogP contribution in [0.4, 0.5) is 0 Å². The molecule has 3 N–H and O–H groups in total. The zero-order valence-corrected chi connectivity index (χ0v) is 17.7. The summed E-state index contributed by atoms with van der Waals surface area (Å²) in [5.74, 6) is -0.797. The average molecular weight is 423 g/mol. The topological polar surface area (TPSA) is 107 Å². The van der Waals surface area contributed by atoms with Crippen molar-refractivity contribution in [3.05, 3.63) is 20.8 Å². The quantitative estimate of drug-likeness (QED) is 0.347. The van der Waals surface area contributed by atoms with Crippen molar-refractivity contribution in [3.63, 3.8) is 0 Å². The number of thioether (sulfide) groups is 1. The number of carbonyl (C=O) groups is 2. The van der Waals surface area contributed by atoms with Crippen LogP contribution in [0.5, 0.6) is 0 Å². The van der Waals surface area contributed by atoms with E-state index in [0.29, 0.717) is 11.7 Å². The number of aryl methyl sites for hydroxylation is 2. The van der Waals surface area contributed by atoms with Gasteiger partial charge in [-0.1, -0.05) is 37.9 Å². The molecule has 0 saturated carbocycles. The number of nitrogens with two attached hydrogens (primary N) is 1. The van der Waals surface area contributed by atoms with Crippen molar-refractivity contribution in [1.29, 1.82) is 0 Å². The first-order valence-electron chi connectivity index (χ1n) is 9.74. The van der Waals surface area contributed by atoms with Crippen LogP contribution in [0.25, 0.3) is 10.2 Å². The van der Waals surface area contributed by atoms with E-state index in [2.05, 4.69) is 12.2 Å². The Morgan fingerprint density at radius 2 is 2.11 bits per heavy atom. The molecule has 0 unspecified atom stereocenters. The number of primary amides is 1. The Balaban J connectivity index is 1.85. The molecule has 3 rings (SSSR count). The van der Waals surface area contributed by atoms with E-state index >= 15 is 0 Å². The molecule has 0 aliphatic heterocycles. The Bertz CT molecular complexity index is 935. The summed E-state index contributed by atoms with van der Waals surface area (Å²) >= 11 is 2.84. The molecule has 0 atom stereocenters. The number of nitrogens with one attached hydrogen (secondary N) is 1. The third-order valence-corrected chi connectivity index (χ3v) is 6.98. The molecule has 1 aliphatic carbocycles. The molecule has 0 saturated heterocycles. The molecule has 0 spiro atoms. The predicted octanol–water partition coefficient (Wildman–Crippen LogP) is 2.22. The van der Waals surface area contributed by atoms with E-state index in [4.69, 9.17) is 10.7 Å². The van der Waals surface area contributed by atoms with Gasteiger partial charge in [-0.2, -0.15) is 0 Å². The average Bonchev–Trinajstić information content (AvgIpc) is 3.24. The molecule has 2 aromatic rings. The van der Waals surface area contributed by atoms with Crippen molar-refractivity contribution >= 4 is 45.1 Å². The standard InChI is InChI=1S/C19H26N4O3S2/c1-2-3-4-5-9-23-18(26)16-12-7-6-8-13(12)28-17(16)22-19(23)27-11-15(25)21-10-14(20)24/h2-11H2,1H3,(H2,20,24)(H,21,25). The normalized spacial score (nSPS) is 13.0. The zero-order valence-electron chi connectivity index (χ0n) is 16.1. The van der Waals surface area contributed by atoms with E-state index in [1.807, 2.05) is 0 Å². The smallest absolute Gasteiger partial charge is 0.263 e. The maximum Gasteiger partial charge on any atom is 0.263 e. The van der Waals surface area contributed by atoms with Gasteiger partial charge in [0, 0.05) is 11.4 Å². The minimum atomic E-state index is -0.584. The molecule has 2 heterocycles. The van der Waals surface area contributed by atoms with Crippen LogP contribution in [0.15, 0.2) is 9.95 Å². The van der Waals surface area contributed by atoms with Crippen LogP contribution >= 0.6 is 23.1 Å². The first-order chi connectivity index (χ1) is 13.5. The molecule has 152 valence electrons. The fourth-order valence-corrected chi connectivity index (χ4v) is 5.59. The van der Waals surface area contributed by atoms with Gasteiger partial charge in [-0.3, -0.25) is 19.0 Å². The molecule has 2 aromatic heterocycles. The number of hydrogen-bond donors (Lipinski definition) is 2. The highest BCUT2D eigenvalue weighted by molar-refractivity contribution is 7.99. The summed E-state index contributed by atoms with van der Waals surface area (Å²) in [7, 11) is 0. The summed E-state index contributed by atoms with van der Waals surface area (Å²) in [4.78, 5) is 42.8. The number of carbonyl (C=O) groups excluding carboxylic acids is 2. The van der Waals surface area contributed by atoms with Crippen LogP contribution in [-0.2, 0) is 29.0 Å². The van der Waals surface area contributed by atoms with E-state index < -0.39 is 5.91 Å². The van der Waals surface area contributed by atoms with Crippen LogP contribution in [0.2, 0.25) is 0 Å². The summed E-state index contributed by atoms with van der Waals surface area (Å²) in [5, 5.41) is 3.81. The van der Waals surface area contributed by atoms with Gasteiger partial charge in [0.2, 0.25) is 11.8 Å². The highest BCUT2D eigenvalue weighted by atomic mass is 32.2. The lowest BCUT2D eigenvalue weighted by Crippen LogP contribution is -2.34. The largest absolute Gasteiger partial charge is 0.368 e. The molecule has 0 bridgehead atoms. The van der Waals surface area contributed by atoms with Crippen LogP contribution in [-0.4, -0.2) is 33.7 Å². The number of nitrogens with zero attached hydrogens (tertiary/aromatic N) is 2. The SMILES string of the molecule is CCCCCCn1c(SCC(=O)NCC(N)=O)nc2sc3c(c2c1=O)CCC3. The minimum Gasteiger partial charge on any atom is -0.368 e. The van der Waals surface area contributed by atoms with Gasteiger partial charge in [0.05, 0.1) is 17.7 Å². The van der Waals surface area contributed by atoms with E-state index in [9.17, 15) is 14.4 Å². The van der Waals surface area contributed by atoms with Gasteiger partial charge in [-0.15, -0.1) is 11.3 Å². The monoisotopic (exact) mass is 422 g/mol. The van der Waals surface area contributed by atoms with E-state index in [-0.39, 0.29) is 23.8 Å². The Morgan fingerprint density at radius 3 is 2.86 bits per heavy atom. The van der Waals surface area contributed by atoms with E-state index in [0.717, 1.165) is 55.2 Å². The van der Waals surface area contributed by atoms with Crippen molar-refractivity contribution < 1.29 is 9.59 Å². The molecule has 9 heteroatoms. The fraction of sp³-hybridized carbons (Fsp3) is 0.579. The van der Waals surface area contributed by atoms with Crippen LogP contribution in [0.1, 0.15) is 49.5 Å². The number of fused-ring (bicyclic) bond motifs is 3. The predicted molar refractivity (Wildman–Crippen MR) is 113 cm³/mol. The van der Waals surface area contributed by atoms with E-state index in [1.54, 1.807) is 15.9 Å². The zero-order chi connectivity index (χ0) is 20.1. The second-order valence-electron chi connectivity index (χ2n) is 6.98. The van der Waals surface area contributed by atoms with Gasteiger partial charge in [0.25, 0.3) is 5.56 Å². The molecule has 0 aromatic carbocycles. The third kappa shape index (κ3) is 4.75. The summed E-state index contributed by atoms with van der Waals surface area (Å²) in [6, 6.07) is 0. The Kier molecular flexibility index (Phi) is 7.12. The second kappa shape index (κ2) is 9.56. The van der Waals surface area contributed by atoms with Gasteiger partial charge in [-0.05, 0) is 31.2 Å². The lowest BCUT2D eigenvalue weighted by molar-refractivity contribution is -0.123. The first kappa shape index (κ1) is 20.9. The van der Waals surface area contributed by atoms with Crippen molar-refractivity contribution in [2.24, 2.45) is 5.73 Å². The lowest BCUT2D eigenvalue weighted by Gasteiger charge is -2.12. The lowest BCUT2D eigenvalue weighted by atomic mass is 10.2. The van der Waals surface area contributed by atoms with Gasteiger partial charge in [-0.25, -0.2) is 4.98 Å². The molecule has 2 amide bonds. The highest BCUT2D eigenvalue weighted by Gasteiger charge is 2.23. The van der Waals surface area contributed by atoms with Gasteiger partial charge in [0.1, 0.15) is 4.83 Å². The van der Waals surface area contributed by atoms with Gasteiger partial charge >= 0.3 is 0 Å². The summed E-state index contributed by atoms with van der Waals surface area (Å²) < 4.78 is 1.73. The number of hydrogen-bond acceptors (Lipinski definition) is 6. The van der Waals surface area contributed by atoms with Crippen LogP contribution < -0.4 is 16.6 Å². The first-order valence-corrected chi connectivity index (χ1v) is 11.5. The van der Waals surface area contributed by atoms with Crippen LogP contribution in [0, 0.1) is 0 Å². The summed E-state index contributed by atoms with van der Waals surface area (Å²) in [5.41, 5.74) is 6.24. The maximum atomic E-state index is 13.2. The molecular formula is C19H26N4O3S2. The fourth-order valence-electron chi connectivity index (χ4n) is 3.43. The number of aromatic nitrogens is 2.